The summed E-state index contributed by atoms with van der Waals surface area (Å²) in [5.41, 5.74) is 1.25. The highest BCUT2D eigenvalue weighted by atomic mass is 16.6. The fourth-order valence-corrected chi connectivity index (χ4v) is 3.56. The van der Waals surface area contributed by atoms with E-state index in [1.807, 2.05) is 0 Å². The Hall–Kier alpha value is -4.37. The molecule has 0 radical (unpaired) electrons. The van der Waals surface area contributed by atoms with Crippen LogP contribution in [0.3, 0.4) is 0 Å². The lowest BCUT2D eigenvalue weighted by Crippen LogP contribution is -2.33. The third kappa shape index (κ3) is 6.86. The van der Waals surface area contributed by atoms with Crippen molar-refractivity contribution in [2.75, 3.05) is 35.0 Å². The van der Waals surface area contributed by atoms with E-state index in [4.69, 9.17) is 23.7 Å². The molecule has 9 nitrogen and oxygen atoms in total. The van der Waals surface area contributed by atoms with Crippen LogP contribution in [0.25, 0.3) is 6.08 Å². The number of hydrogen-bond acceptors (Lipinski definition) is 9. The molecule has 0 unspecified atom stereocenters. The van der Waals surface area contributed by atoms with Crippen LogP contribution in [-0.4, -0.2) is 57.3 Å². The van der Waals surface area contributed by atoms with Crippen molar-refractivity contribution in [1.82, 2.24) is 0 Å². The minimum atomic E-state index is -0.894. The Morgan fingerprint density at radius 1 is 0.811 bits per heavy atom. The standard InChI is InChI=1S/C28H30O9/c1-32-21-7-5-6-8-22(21)36-26(17-29)28(19-11-12-20(30)24(16-19)33-2)37-23-13-9-18(15-25(23)34-3)10-14-27(31)35-4/h5-16,26,28-30H,17H2,1-4H3/b14-10+/t26-,28+/m1/s1. The van der Waals surface area contributed by atoms with Crippen molar-refractivity contribution in [3.05, 3.63) is 77.9 Å². The Kier molecular flexibility index (Phi) is 9.62. The quantitative estimate of drug-likeness (QED) is 0.274. The van der Waals surface area contributed by atoms with Gasteiger partial charge in [0.25, 0.3) is 0 Å². The number of rotatable bonds is 12. The van der Waals surface area contributed by atoms with Gasteiger partial charge in [-0.05, 0) is 48.0 Å². The lowest BCUT2D eigenvalue weighted by atomic mass is 10.0. The number of carbonyl (C=O) groups is 1. The largest absolute Gasteiger partial charge is 0.504 e. The zero-order valence-electron chi connectivity index (χ0n) is 21.0. The van der Waals surface area contributed by atoms with Crippen LogP contribution in [0.1, 0.15) is 17.2 Å². The zero-order chi connectivity index (χ0) is 26.8. The number of esters is 1. The monoisotopic (exact) mass is 510 g/mol. The SMILES string of the molecule is COC(=O)/C=C/c1ccc(O[C@@H](c2ccc(O)c(OC)c2)[C@@H](CO)Oc2ccccc2OC)c(OC)c1. The number of carbonyl (C=O) groups excluding carboxylic acids is 1. The number of benzene rings is 3. The van der Waals surface area contributed by atoms with Gasteiger partial charge in [-0.25, -0.2) is 4.79 Å². The van der Waals surface area contributed by atoms with Gasteiger partial charge in [0.15, 0.2) is 46.7 Å². The maximum absolute atomic E-state index is 11.4. The summed E-state index contributed by atoms with van der Waals surface area (Å²) < 4.78 is 33.3. The molecule has 0 aliphatic carbocycles. The van der Waals surface area contributed by atoms with Crippen molar-refractivity contribution in [2.45, 2.75) is 12.2 Å². The molecular formula is C28H30O9. The summed E-state index contributed by atoms with van der Waals surface area (Å²) in [6.45, 7) is -0.409. The van der Waals surface area contributed by atoms with Crippen molar-refractivity contribution in [1.29, 1.82) is 0 Å². The molecule has 0 saturated heterocycles. The molecule has 0 aliphatic heterocycles. The van der Waals surface area contributed by atoms with E-state index >= 15 is 0 Å². The maximum Gasteiger partial charge on any atom is 0.330 e. The normalized spacial score (nSPS) is 12.5. The van der Waals surface area contributed by atoms with Gasteiger partial charge in [0.1, 0.15) is 0 Å². The van der Waals surface area contributed by atoms with Crippen molar-refractivity contribution >= 4 is 12.0 Å². The van der Waals surface area contributed by atoms with Gasteiger partial charge in [-0.1, -0.05) is 24.3 Å². The Morgan fingerprint density at radius 2 is 1.49 bits per heavy atom. The number of phenols is 1. The minimum absolute atomic E-state index is 0.0458. The highest BCUT2D eigenvalue weighted by Gasteiger charge is 2.29. The van der Waals surface area contributed by atoms with Gasteiger partial charge in [-0.15, -0.1) is 0 Å². The topological polar surface area (TPSA) is 113 Å². The number of para-hydroxylation sites is 2. The fourth-order valence-electron chi connectivity index (χ4n) is 3.56. The first kappa shape index (κ1) is 27.2. The molecule has 3 aromatic carbocycles. The average molecular weight is 511 g/mol. The van der Waals surface area contributed by atoms with Crippen molar-refractivity contribution in [3.63, 3.8) is 0 Å². The Balaban J connectivity index is 2.02. The molecule has 3 aromatic rings. The number of aromatic hydroxyl groups is 1. The first-order valence-electron chi connectivity index (χ1n) is 11.3. The second kappa shape index (κ2) is 13.1. The molecule has 2 atom stereocenters. The van der Waals surface area contributed by atoms with Gasteiger partial charge in [0, 0.05) is 11.6 Å². The summed E-state index contributed by atoms with van der Waals surface area (Å²) in [5.74, 6) is 1.35. The van der Waals surface area contributed by atoms with Crippen molar-refractivity contribution in [3.8, 4) is 34.5 Å². The predicted octanol–water partition coefficient (Wildman–Crippen LogP) is 4.16. The summed E-state index contributed by atoms with van der Waals surface area (Å²) in [5, 5.41) is 20.5. The van der Waals surface area contributed by atoms with Crippen LogP contribution in [0, 0.1) is 0 Å². The highest BCUT2D eigenvalue weighted by molar-refractivity contribution is 5.87. The van der Waals surface area contributed by atoms with Crippen LogP contribution in [0.5, 0.6) is 34.5 Å². The molecule has 2 N–H and O–H groups in total. The van der Waals surface area contributed by atoms with E-state index < -0.39 is 24.8 Å². The average Bonchev–Trinajstić information content (AvgIpc) is 2.94. The van der Waals surface area contributed by atoms with Crippen LogP contribution in [-0.2, 0) is 9.53 Å². The van der Waals surface area contributed by atoms with Gasteiger partial charge < -0.3 is 38.6 Å². The second-order valence-electron chi connectivity index (χ2n) is 7.73. The molecule has 0 aromatic heterocycles. The molecular weight excluding hydrogens is 480 g/mol. The Morgan fingerprint density at radius 3 is 2.14 bits per heavy atom. The molecule has 0 aliphatic rings. The van der Waals surface area contributed by atoms with Crippen LogP contribution >= 0.6 is 0 Å². The van der Waals surface area contributed by atoms with Gasteiger partial charge in [-0.2, -0.15) is 0 Å². The predicted molar refractivity (Wildman–Crippen MR) is 137 cm³/mol. The van der Waals surface area contributed by atoms with E-state index in [1.165, 1.54) is 40.6 Å². The molecule has 0 fully saturated rings. The zero-order valence-corrected chi connectivity index (χ0v) is 21.0. The van der Waals surface area contributed by atoms with Crippen LogP contribution < -0.4 is 23.7 Å². The Labute approximate surface area is 215 Å². The number of aliphatic hydroxyl groups excluding tert-OH is 1. The second-order valence-corrected chi connectivity index (χ2v) is 7.73. The molecule has 9 heteroatoms. The maximum atomic E-state index is 11.4. The summed E-state index contributed by atoms with van der Waals surface area (Å²) in [7, 11) is 5.75. The van der Waals surface area contributed by atoms with E-state index in [0.717, 1.165) is 0 Å². The van der Waals surface area contributed by atoms with Crippen LogP contribution in [0.15, 0.2) is 66.7 Å². The van der Waals surface area contributed by atoms with E-state index in [-0.39, 0.29) is 11.5 Å². The van der Waals surface area contributed by atoms with E-state index in [1.54, 1.807) is 60.7 Å². The molecule has 0 spiro atoms. The first-order chi connectivity index (χ1) is 17.9. The summed E-state index contributed by atoms with van der Waals surface area (Å²) >= 11 is 0. The Bertz CT molecular complexity index is 1220. The van der Waals surface area contributed by atoms with Crippen molar-refractivity contribution < 1.29 is 43.4 Å². The van der Waals surface area contributed by atoms with Crippen LogP contribution in [0.4, 0.5) is 0 Å². The molecule has 0 heterocycles. The molecule has 3 rings (SSSR count). The van der Waals surface area contributed by atoms with Crippen molar-refractivity contribution in [2.24, 2.45) is 0 Å². The molecule has 0 saturated carbocycles. The number of ether oxygens (including phenoxy) is 6. The highest BCUT2D eigenvalue weighted by Crippen LogP contribution is 2.38. The first-order valence-corrected chi connectivity index (χ1v) is 11.3. The number of methoxy groups -OCH3 is 4. The summed E-state index contributed by atoms with van der Waals surface area (Å²) in [4.78, 5) is 11.4. The van der Waals surface area contributed by atoms with Gasteiger partial charge in [0.2, 0.25) is 0 Å². The summed E-state index contributed by atoms with van der Waals surface area (Å²) in [6, 6.07) is 16.9. The fraction of sp³-hybridized carbons (Fsp3) is 0.250. The molecule has 0 amide bonds. The smallest absolute Gasteiger partial charge is 0.330 e. The third-order valence-electron chi connectivity index (χ3n) is 5.45. The van der Waals surface area contributed by atoms with E-state index in [9.17, 15) is 15.0 Å². The van der Waals surface area contributed by atoms with Crippen LogP contribution in [0.2, 0.25) is 0 Å². The number of hydrogen-bond donors (Lipinski definition) is 2. The molecule has 37 heavy (non-hydrogen) atoms. The molecule has 0 bridgehead atoms. The third-order valence-corrected chi connectivity index (χ3v) is 5.45. The van der Waals surface area contributed by atoms with E-state index in [0.29, 0.717) is 34.1 Å². The number of phenolic OH excluding ortho intramolecular Hbond substituents is 1. The van der Waals surface area contributed by atoms with Gasteiger partial charge >= 0.3 is 5.97 Å². The minimum Gasteiger partial charge on any atom is -0.504 e. The van der Waals surface area contributed by atoms with Gasteiger partial charge in [0.05, 0.1) is 35.0 Å². The lowest BCUT2D eigenvalue weighted by molar-refractivity contribution is -0.134. The van der Waals surface area contributed by atoms with E-state index in [2.05, 4.69) is 4.74 Å². The van der Waals surface area contributed by atoms with Gasteiger partial charge in [-0.3, -0.25) is 0 Å². The number of aliphatic hydroxyl groups is 1. The summed E-state index contributed by atoms with van der Waals surface area (Å²) in [6.07, 6.45) is 1.12. The molecule has 196 valence electrons. The lowest BCUT2D eigenvalue weighted by Gasteiger charge is -2.29.